The van der Waals surface area contributed by atoms with Gasteiger partial charge in [0.1, 0.15) is 6.54 Å². The number of amides is 2. The van der Waals surface area contributed by atoms with Crippen LogP contribution in [0.2, 0.25) is 0 Å². The summed E-state index contributed by atoms with van der Waals surface area (Å²) in [6.07, 6.45) is 4.26. The molecule has 3 rings (SSSR count). The van der Waals surface area contributed by atoms with Crippen molar-refractivity contribution in [3.8, 4) is 0 Å². The van der Waals surface area contributed by atoms with Crippen LogP contribution in [0.1, 0.15) is 26.7 Å². The first-order chi connectivity index (χ1) is 12.1. The van der Waals surface area contributed by atoms with Crippen LogP contribution in [0.3, 0.4) is 0 Å². The molecule has 0 saturated carbocycles. The van der Waals surface area contributed by atoms with E-state index in [-0.39, 0.29) is 18.4 Å². The highest BCUT2D eigenvalue weighted by molar-refractivity contribution is 6.01. The van der Waals surface area contributed by atoms with Gasteiger partial charge in [-0.1, -0.05) is 13.0 Å². The average Bonchev–Trinajstić information content (AvgIpc) is 3.20. The van der Waals surface area contributed by atoms with Gasteiger partial charge < -0.3 is 15.2 Å². The van der Waals surface area contributed by atoms with E-state index >= 15 is 0 Å². The third kappa shape index (κ3) is 4.02. The maximum absolute atomic E-state index is 12.3. The largest absolute Gasteiger partial charge is 0.353 e. The van der Waals surface area contributed by atoms with E-state index in [1.54, 1.807) is 0 Å². The molecular formula is C19H26N4O2. The molecule has 25 heavy (non-hydrogen) atoms. The molecule has 2 N–H and O–H groups in total. The first-order valence-electron chi connectivity index (χ1n) is 8.94. The van der Waals surface area contributed by atoms with Gasteiger partial charge in [0, 0.05) is 31.1 Å². The third-order valence-corrected chi connectivity index (χ3v) is 4.88. The van der Waals surface area contributed by atoms with E-state index in [9.17, 15) is 9.59 Å². The van der Waals surface area contributed by atoms with Crippen molar-refractivity contribution in [1.29, 1.82) is 0 Å². The molecule has 1 fully saturated rings. The summed E-state index contributed by atoms with van der Waals surface area (Å²) in [4.78, 5) is 26.1. The second kappa shape index (κ2) is 7.70. The number of rotatable bonds is 6. The van der Waals surface area contributed by atoms with Gasteiger partial charge in [0.05, 0.1) is 11.2 Å². The molecule has 0 unspecified atom stereocenters. The fourth-order valence-corrected chi connectivity index (χ4v) is 3.64. The van der Waals surface area contributed by atoms with Crippen molar-refractivity contribution in [2.24, 2.45) is 0 Å². The van der Waals surface area contributed by atoms with Crippen molar-refractivity contribution in [2.75, 3.05) is 25.0 Å². The predicted octanol–water partition coefficient (Wildman–Crippen LogP) is 2.20. The van der Waals surface area contributed by atoms with Gasteiger partial charge in [-0.2, -0.15) is 0 Å². The van der Waals surface area contributed by atoms with Gasteiger partial charge in [0.25, 0.3) is 0 Å². The first kappa shape index (κ1) is 17.5. The summed E-state index contributed by atoms with van der Waals surface area (Å²) in [5.41, 5.74) is 1.71. The van der Waals surface area contributed by atoms with Gasteiger partial charge in [-0.3, -0.25) is 14.5 Å². The van der Waals surface area contributed by atoms with Crippen LogP contribution in [0.15, 0.2) is 30.5 Å². The number of nitrogens with one attached hydrogen (secondary N) is 2. The predicted molar refractivity (Wildman–Crippen MR) is 99.5 cm³/mol. The summed E-state index contributed by atoms with van der Waals surface area (Å²) in [6, 6.07) is 8.11. The Labute approximate surface area is 148 Å². The van der Waals surface area contributed by atoms with Crippen molar-refractivity contribution in [3.63, 3.8) is 0 Å². The number of benzene rings is 1. The minimum absolute atomic E-state index is 0.0189. The molecule has 6 nitrogen and oxygen atoms in total. The lowest BCUT2D eigenvalue weighted by Gasteiger charge is -2.22. The topological polar surface area (TPSA) is 66.4 Å². The molecule has 2 heterocycles. The maximum Gasteiger partial charge on any atom is 0.239 e. The van der Waals surface area contributed by atoms with E-state index in [1.807, 2.05) is 35.0 Å². The number of nitrogens with zero attached hydrogens (tertiary/aromatic N) is 2. The summed E-state index contributed by atoms with van der Waals surface area (Å²) in [7, 11) is 0. The molecular weight excluding hydrogens is 316 g/mol. The number of aromatic nitrogens is 1. The maximum atomic E-state index is 12.3. The summed E-state index contributed by atoms with van der Waals surface area (Å²) in [5.74, 6) is -0.0829. The summed E-state index contributed by atoms with van der Waals surface area (Å²) >= 11 is 0. The number of carbonyl (C=O) groups is 2. The second-order valence-electron chi connectivity index (χ2n) is 6.59. The van der Waals surface area contributed by atoms with Crippen LogP contribution in [0.4, 0.5) is 5.69 Å². The van der Waals surface area contributed by atoms with Gasteiger partial charge in [-0.25, -0.2) is 0 Å². The van der Waals surface area contributed by atoms with Crippen LogP contribution in [0.5, 0.6) is 0 Å². The molecule has 0 bridgehead atoms. The van der Waals surface area contributed by atoms with E-state index in [4.69, 9.17) is 0 Å². The molecule has 1 aromatic heterocycles. The van der Waals surface area contributed by atoms with Crippen molar-refractivity contribution in [3.05, 3.63) is 30.5 Å². The molecule has 1 aromatic carbocycles. The van der Waals surface area contributed by atoms with Gasteiger partial charge in [0.2, 0.25) is 11.8 Å². The molecule has 134 valence electrons. The van der Waals surface area contributed by atoms with Crippen LogP contribution in [-0.4, -0.2) is 47.0 Å². The van der Waals surface area contributed by atoms with Crippen LogP contribution in [0.25, 0.3) is 10.9 Å². The Balaban J connectivity index is 1.64. The standard InChI is InChI=1S/C19H26N4O2/c1-3-22-10-5-6-15(22)12-20-19(25)13-23-11-9-16-17(21-14(2)24)7-4-8-18(16)23/h4,7-9,11,15H,3,5-6,10,12-13H2,1-2H3,(H,20,25)(H,21,24)/t15-/m1/s1. The highest BCUT2D eigenvalue weighted by Crippen LogP contribution is 2.24. The van der Waals surface area contributed by atoms with Crippen molar-refractivity contribution in [1.82, 2.24) is 14.8 Å². The van der Waals surface area contributed by atoms with Crippen LogP contribution < -0.4 is 10.6 Å². The zero-order valence-electron chi connectivity index (χ0n) is 14.9. The Morgan fingerprint density at radius 1 is 1.28 bits per heavy atom. The number of likely N-dealkylation sites (tertiary alicyclic amines) is 1. The van der Waals surface area contributed by atoms with E-state index in [0.717, 1.165) is 36.1 Å². The molecule has 0 spiro atoms. The minimum atomic E-state index is -0.102. The number of anilines is 1. The molecule has 1 aliphatic heterocycles. The molecule has 1 atom stereocenters. The quantitative estimate of drug-likeness (QED) is 0.846. The Hall–Kier alpha value is -2.34. The molecule has 2 aromatic rings. The number of fused-ring (bicyclic) bond motifs is 1. The van der Waals surface area contributed by atoms with Crippen molar-refractivity contribution < 1.29 is 9.59 Å². The van der Waals surface area contributed by atoms with Crippen molar-refractivity contribution in [2.45, 2.75) is 39.3 Å². The Kier molecular flexibility index (Phi) is 5.38. The SMILES string of the molecule is CCN1CCC[C@@H]1CNC(=O)Cn1ccc2c(NC(C)=O)cccc21. The Morgan fingerprint density at radius 2 is 2.12 bits per heavy atom. The Bertz CT molecular complexity index is 768. The number of carbonyl (C=O) groups excluding carboxylic acids is 2. The second-order valence-corrected chi connectivity index (χ2v) is 6.59. The molecule has 2 amide bonds. The highest BCUT2D eigenvalue weighted by Gasteiger charge is 2.23. The highest BCUT2D eigenvalue weighted by atomic mass is 16.2. The third-order valence-electron chi connectivity index (χ3n) is 4.88. The zero-order chi connectivity index (χ0) is 17.8. The van der Waals surface area contributed by atoms with Crippen LogP contribution >= 0.6 is 0 Å². The summed E-state index contributed by atoms with van der Waals surface area (Å²) in [6.45, 7) is 6.82. The summed E-state index contributed by atoms with van der Waals surface area (Å²) < 4.78 is 1.92. The average molecular weight is 342 g/mol. The normalized spacial score (nSPS) is 17.8. The lowest BCUT2D eigenvalue weighted by atomic mass is 10.2. The number of hydrogen-bond donors (Lipinski definition) is 2. The number of hydrogen-bond acceptors (Lipinski definition) is 3. The van der Waals surface area contributed by atoms with Crippen LogP contribution in [-0.2, 0) is 16.1 Å². The molecule has 1 aliphatic rings. The summed E-state index contributed by atoms with van der Waals surface area (Å²) in [5, 5.41) is 6.84. The fourth-order valence-electron chi connectivity index (χ4n) is 3.64. The molecule has 0 radical (unpaired) electrons. The zero-order valence-corrected chi connectivity index (χ0v) is 14.9. The van der Waals surface area contributed by atoms with Crippen molar-refractivity contribution >= 4 is 28.4 Å². The van der Waals surface area contributed by atoms with Gasteiger partial charge in [-0.05, 0) is 44.1 Å². The molecule has 1 saturated heterocycles. The van der Waals surface area contributed by atoms with E-state index in [0.29, 0.717) is 12.6 Å². The smallest absolute Gasteiger partial charge is 0.239 e. The fraction of sp³-hybridized carbons (Fsp3) is 0.474. The van der Waals surface area contributed by atoms with E-state index in [2.05, 4.69) is 22.5 Å². The molecule has 0 aliphatic carbocycles. The molecule has 6 heteroatoms. The number of likely N-dealkylation sites (N-methyl/N-ethyl adjacent to an activating group) is 1. The lowest BCUT2D eigenvalue weighted by Crippen LogP contribution is -2.40. The van der Waals surface area contributed by atoms with Gasteiger partial charge >= 0.3 is 0 Å². The van der Waals surface area contributed by atoms with E-state index < -0.39 is 0 Å². The van der Waals surface area contributed by atoms with Gasteiger partial charge in [-0.15, -0.1) is 0 Å². The van der Waals surface area contributed by atoms with Crippen LogP contribution in [0, 0.1) is 0 Å². The van der Waals surface area contributed by atoms with Gasteiger partial charge in [0.15, 0.2) is 0 Å². The lowest BCUT2D eigenvalue weighted by molar-refractivity contribution is -0.121. The first-order valence-corrected chi connectivity index (χ1v) is 8.94. The monoisotopic (exact) mass is 342 g/mol. The Morgan fingerprint density at radius 3 is 2.88 bits per heavy atom. The minimum Gasteiger partial charge on any atom is -0.353 e. The van der Waals surface area contributed by atoms with E-state index in [1.165, 1.54) is 13.3 Å².